The zero-order valence-corrected chi connectivity index (χ0v) is 7.58. The summed E-state index contributed by atoms with van der Waals surface area (Å²) in [4.78, 5) is 0. The Balaban J connectivity index is 1.75. The largest absolute Gasteiger partial charge is 0.393 e. The van der Waals surface area contributed by atoms with E-state index in [4.69, 9.17) is 0 Å². The van der Waals surface area contributed by atoms with Crippen LogP contribution in [0.3, 0.4) is 0 Å². The molecule has 0 bridgehead atoms. The Labute approximate surface area is 74.5 Å². The van der Waals surface area contributed by atoms with Crippen molar-refractivity contribution in [2.24, 2.45) is 17.8 Å². The molecule has 2 rings (SSSR count). The molecule has 2 fully saturated rings. The molecular formula is C11H18O. The molecule has 2 saturated carbocycles. The predicted molar refractivity (Wildman–Crippen MR) is 49.8 cm³/mol. The lowest BCUT2D eigenvalue weighted by atomic mass is 9.94. The highest BCUT2D eigenvalue weighted by Crippen LogP contribution is 2.56. The fourth-order valence-corrected chi connectivity index (χ4v) is 2.74. The SMILES string of the molecule is C=CCCC[C@H]1[C@H](O)CC2C[C@@H]21. The van der Waals surface area contributed by atoms with Gasteiger partial charge in [-0.3, -0.25) is 0 Å². The van der Waals surface area contributed by atoms with Gasteiger partial charge in [0.15, 0.2) is 0 Å². The quantitative estimate of drug-likeness (QED) is 0.502. The average molecular weight is 166 g/mol. The Morgan fingerprint density at radius 1 is 1.42 bits per heavy atom. The molecule has 0 aromatic heterocycles. The summed E-state index contributed by atoms with van der Waals surface area (Å²) >= 11 is 0. The van der Waals surface area contributed by atoms with E-state index in [1.165, 1.54) is 19.3 Å². The molecule has 0 amide bonds. The van der Waals surface area contributed by atoms with Gasteiger partial charge in [-0.25, -0.2) is 0 Å². The molecule has 0 saturated heterocycles. The number of rotatable bonds is 4. The zero-order valence-electron chi connectivity index (χ0n) is 7.58. The van der Waals surface area contributed by atoms with Gasteiger partial charge in [-0.1, -0.05) is 6.08 Å². The molecular weight excluding hydrogens is 148 g/mol. The summed E-state index contributed by atoms with van der Waals surface area (Å²) in [5, 5.41) is 9.66. The van der Waals surface area contributed by atoms with E-state index >= 15 is 0 Å². The summed E-state index contributed by atoms with van der Waals surface area (Å²) in [6.07, 6.45) is 8.03. The van der Waals surface area contributed by atoms with Crippen LogP contribution in [0.4, 0.5) is 0 Å². The van der Waals surface area contributed by atoms with Gasteiger partial charge in [-0.15, -0.1) is 6.58 Å². The number of unbranched alkanes of at least 4 members (excludes halogenated alkanes) is 1. The molecule has 1 N–H and O–H groups in total. The lowest BCUT2D eigenvalue weighted by Crippen LogP contribution is -2.17. The topological polar surface area (TPSA) is 20.2 Å². The van der Waals surface area contributed by atoms with Crippen molar-refractivity contribution in [1.29, 1.82) is 0 Å². The van der Waals surface area contributed by atoms with Gasteiger partial charge in [0.1, 0.15) is 0 Å². The van der Waals surface area contributed by atoms with E-state index in [1.54, 1.807) is 0 Å². The molecule has 2 aliphatic carbocycles. The zero-order chi connectivity index (χ0) is 8.55. The van der Waals surface area contributed by atoms with Gasteiger partial charge < -0.3 is 5.11 Å². The van der Waals surface area contributed by atoms with Crippen LogP contribution in [0.25, 0.3) is 0 Å². The van der Waals surface area contributed by atoms with Crippen LogP contribution in [-0.2, 0) is 0 Å². The highest BCUT2D eigenvalue weighted by molar-refractivity contribution is 5.01. The Morgan fingerprint density at radius 3 is 2.83 bits per heavy atom. The second-order valence-corrected chi connectivity index (χ2v) is 4.35. The van der Waals surface area contributed by atoms with Crippen molar-refractivity contribution in [3.05, 3.63) is 12.7 Å². The summed E-state index contributed by atoms with van der Waals surface area (Å²) < 4.78 is 0. The van der Waals surface area contributed by atoms with Crippen molar-refractivity contribution in [3.8, 4) is 0 Å². The van der Waals surface area contributed by atoms with Crippen molar-refractivity contribution in [2.45, 2.75) is 38.2 Å². The van der Waals surface area contributed by atoms with Crippen LogP contribution in [0.1, 0.15) is 32.1 Å². The standard InChI is InChI=1S/C11H18O/c1-2-3-4-5-9-10-6-8(10)7-11(9)12/h2,8-12H,1,3-7H2/t8?,9-,10+,11-/m1/s1. The molecule has 1 nitrogen and oxygen atoms in total. The maximum atomic E-state index is 9.66. The van der Waals surface area contributed by atoms with Crippen LogP contribution in [0.2, 0.25) is 0 Å². The summed E-state index contributed by atoms with van der Waals surface area (Å²) in [5.74, 6) is 2.42. The van der Waals surface area contributed by atoms with Crippen molar-refractivity contribution in [2.75, 3.05) is 0 Å². The van der Waals surface area contributed by atoms with E-state index in [9.17, 15) is 5.11 Å². The normalized spacial score (nSPS) is 44.1. The molecule has 12 heavy (non-hydrogen) atoms. The van der Waals surface area contributed by atoms with Gasteiger partial charge >= 0.3 is 0 Å². The number of allylic oxidation sites excluding steroid dienone is 1. The maximum Gasteiger partial charge on any atom is 0.0573 e. The van der Waals surface area contributed by atoms with Gasteiger partial charge in [0.25, 0.3) is 0 Å². The van der Waals surface area contributed by atoms with Gasteiger partial charge in [0, 0.05) is 0 Å². The van der Waals surface area contributed by atoms with Gasteiger partial charge in [-0.2, -0.15) is 0 Å². The molecule has 68 valence electrons. The molecule has 0 aromatic rings. The Bertz CT molecular complexity index is 174. The number of aliphatic hydroxyl groups excluding tert-OH is 1. The van der Waals surface area contributed by atoms with Crippen LogP contribution < -0.4 is 0 Å². The lowest BCUT2D eigenvalue weighted by molar-refractivity contribution is 0.107. The van der Waals surface area contributed by atoms with Crippen molar-refractivity contribution >= 4 is 0 Å². The first-order valence-electron chi connectivity index (χ1n) is 5.12. The van der Waals surface area contributed by atoms with Crippen LogP contribution in [0.15, 0.2) is 12.7 Å². The van der Waals surface area contributed by atoms with Crippen LogP contribution in [0, 0.1) is 17.8 Å². The second kappa shape index (κ2) is 3.21. The number of aliphatic hydroxyl groups is 1. The second-order valence-electron chi connectivity index (χ2n) is 4.35. The van der Waals surface area contributed by atoms with E-state index in [-0.39, 0.29) is 6.10 Å². The molecule has 4 atom stereocenters. The molecule has 1 heteroatoms. The van der Waals surface area contributed by atoms with E-state index in [0.29, 0.717) is 5.92 Å². The minimum absolute atomic E-state index is 0.0264. The van der Waals surface area contributed by atoms with Crippen molar-refractivity contribution < 1.29 is 5.11 Å². The molecule has 2 aliphatic rings. The number of hydrogen-bond donors (Lipinski definition) is 1. The van der Waals surface area contributed by atoms with Crippen LogP contribution in [0.5, 0.6) is 0 Å². The lowest BCUT2D eigenvalue weighted by Gasteiger charge is -2.16. The third kappa shape index (κ3) is 1.42. The first-order chi connectivity index (χ1) is 5.83. The molecule has 0 radical (unpaired) electrons. The Morgan fingerprint density at radius 2 is 2.25 bits per heavy atom. The first-order valence-corrected chi connectivity index (χ1v) is 5.12. The summed E-state index contributed by atoms with van der Waals surface area (Å²) in [7, 11) is 0. The maximum absolute atomic E-state index is 9.66. The summed E-state index contributed by atoms with van der Waals surface area (Å²) in [6.45, 7) is 3.71. The minimum Gasteiger partial charge on any atom is -0.393 e. The molecule has 0 spiro atoms. The van der Waals surface area contributed by atoms with Gasteiger partial charge in [0.05, 0.1) is 6.10 Å². The first kappa shape index (κ1) is 8.31. The smallest absolute Gasteiger partial charge is 0.0573 e. The molecule has 0 aromatic carbocycles. The van der Waals surface area contributed by atoms with Gasteiger partial charge in [0.2, 0.25) is 0 Å². The predicted octanol–water partition coefficient (Wildman–Crippen LogP) is 2.36. The van der Waals surface area contributed by atoms with E-state index < -0.39 is 0 Å². The number of hydrogen-bond acceptors (Lipinski definition) is 1. The van der Waals surface area contributed by atoms with Gasteiger partial charge in [-0.05, 0) is 49.9 Å². The highest BCUT2D eigenvalue weighted by Gasteiger charge is 2.52. The monoisotopic (exact) mass is 166 g/mol. The van der Waals surface area contributed by atoms with Crippen molar-refractivity contribution in [3.63, 3.8) is 0 Å². The third-order valence-corrected chi connectivity index (χ3v) is 3.51. The van der Waals surface area contributed by atoms with Crippen molar-refractivity contribution in [1.82, 2.24) is 0 Å². The van der Waals surface area contributed by atoms with Crippen LogP contribution in [-0.4, -0.2) is 11.2 Å². The molecule has 0 aliphatic heterocycles. The minimum atomic E-state index is 0.0264. The summed E-state index contributed by atoms with van der Waals surface area (Å²) in [5.41, 5.74) is 0. The Hall–Kier alpha value is -0.300. The van der Waals surface area contributed by atoms with E-state index in [1.807, 2.05) is 6.08 Å². The molecule has 1 unspecified atom stereocenters. The number of fused-ring (bicyclic) bond motifs is 1. The fraction of sp³-hybridized carbons (Fsp3) is 0.818. The Kier molecular flexibility index (Phi) is 2.22. The average Bonchev–Trinajstić information content (AvgIpc) is 2.72. The van der Waals surface area contributed by atoms with E-state index in [0.717, 1.165) is 24.7 Å². The fourth-order valence-electron chi connectivity index (χ4n) is 2.74. The van der Waals surface area contributed by atoms with E-state index in [2.05, 4.69) is 6.58 Å². The summed E-state index contributed by atoms with van der Waals surface area (Å²) in [6, 6.07) is 0. The molecule has 0 heterocycles. The third-order valence-electron chi connectivity index (χ3n) is 3.51. The van der Waals surface area contributed by atoms with Crippen LogP contribution >= 0.6 is 0 Å². The highest BCUT2D eigenvalue weighted by atomic mass is 16.3.